The van der Waals surface area contributed by atoms with Crippen LogP contribution in [0.3, 0.4) is 0 Å². The number of nitrogens with zero attached hydrogens (tertiary/aromatic N) is 4. The van der Waals surface area contributed by atoms with Gasteiger partial charge in [0.05, 0.1) is 0 Å². The van der Waals surface area contributed by atoms with Crippen molar-refractivity contribution in [3.05, 3.63) is 60.7 Å². The van der Waals surface area contributed by atoms with Crippen molar-refractivity contribution in [1.29, 1.82) is 0 Å². The van der Waals surface area contributed by atoms with Crippen molar-refractivity contribution in [3.63, 3.8) is 0 Å². The smallest absolute Gasteiger partial charge is 0.317 e. The lowest BCUT2D eigenvalue weighted by molar-refractivity contribution is 0.203. The van der Waals surface area contributed by atoms with E-state index in [1.54, 1.807) is 24.6 Å². The highest BCUT2D eigenvalue weighted by molar-refractivity contribution is 5.83. The number of hydrogen-bond donors (Lipinski definition) is 1. The molecule has 0 fully saturated rings. The first-order valence-corrected chi connectivity index (χ1v) is 8.43. The molecule has 2 aromatic carbocycles. The third-order valence-electron chi connectivity index (χ3n) is 4.23. The molecule has 0 saturated heterocycles. The van der Waals surface area contributed by atoms with Crippen molar-refractivity contribution < 1.29 is 4.79 Å². The number of carbonyl (C=O) groups excluding carboxylic acids is 1. The van der Waals surface area contributed by atoms with E-state index in [0.717, 1.165) is 6.42 Å². The van der Waals surface area contributed by atoms with Gasteiger partial charge in [-0.05, 0) is 29.7 Å². The summed E-state index contributed by atoms with van der Waals surface area (Å²) in [5.74, 6) is 0. The third-order valence-corrected chi connectivity index (χ3v) is 4.23. The number of aromatic nitrogens is 3. The van der Waals surface area contributed by atoms with Gasteiger partial charge in [-0.15, -0.1) is 10.2 Å². The molecule has 0 radical (unpaired) electrons. The fourth-order valence-electron chi connectivity index (χ4n) is 2.80. The van der Waals surface area contributed by atoms with Gasteiger partial charge >= 0.3 is 6.03 Å². The van der Waals surface area contributed by atoms with E-state index >= 15 is 0 Å². The molecule has 6 heteroatoms. The van der Waals surface area contributed by atoms with Gasteiger partial charge in [0.25, 0.3) is 0 Å². The Kier molecular flexibility index (Phi) is 5.28. The molecule has 0 saturated carbocycles. The fourth-order valence-corrected chi connectivity index (χ4v) is 2.80. The maximum atomic E-state index is 12.3. The lowest BCUT2D eigenvalue weighted by atomic mass is 10.0. The van der Waals surface area contributed by atoms with Gasteiger partial charge < -0.3 is 14.8 Å². The number of urea groups is 1. The number of likely N-dealkylation sites (N-methyl/N-ethyl adjacent to an activating group) is 1. The Morgan fingerprint density at radius 3 is 2.64 bits per heavy atom. The van der Waals surface area contributed by atoms with Crippen LogP contribution in [-0.2, 0) is 13.0 Å². The maximum absolute atomic E-state index is 12.3. The lowest BCUT2D eigenvalue weighted by Gasteiger charge is -2.21. The predicted octanol–water partition coefficient (Wildman–Crippen LogP) is 2.70. The zero-order valence-corrected chi connectivity index (χ0v) is 14.6. The molecule has 3 aromatic rings. The van der Waals surface area contributed by atoms with Crippen LogP contribution < -0.4 is 5.32 Å². The predicted molar refractivity (Wildman–Crippen MR) is 98.3 cm³/mol. The zero-order valence-electron chi connectivity index (χ0n) is 14.6. The van der Waals surface area contributed by atoms with E-state index in [2.05, 4.69) is 45.8 Å². The molecule has 2 amide bonds. The van der Waals surface area contributed by atoms with Gasteiger partial charge in [-0.2, -0.15) is 0 Å². The molecule has 1 atom stereocenters. The van der Waals surface area contributed by atoms with Crippen molar-refractivity contribution in [2.24, 2.45) is 0 Å². The molecular weight excluding hydrogens is 314 g/mol. The van der Waals surface area contributed by atoms with E-state index in [4.69, 9.17) is 0 Å². The van der Waals surface area contributed by atoms with Gasteiger partial charge in [-0.25, -0.2) is 4.79 Å². The van der Waals surface area contributed by atoms with Crippen LogP contribution in [0.4, 0.5) is 4.79 Å². The Morgan fingerprint density at radius 2 is 1.88 bits per heavy atom. The molecule has 0 unspecified atom stereocenters. The molecular formula is C19H23N5O. The number of rotatable bonds is 6. The SMILES string of the molecule is C[C@@H](Cc1ccc2ccccc2c1)NC(=O)N(C)CCn1cnnc1. The third kappa shape index (κ3) is 4.56. The van der Waals surface area contributed by atoms with Crippen LogP contribution in [0.1, 0.15) is 12.5 Å². The largest absolute Gasteiger partial charge is 0.335 e. The van der Waals surface area contributed by atoms with Crippen molar-refractivity contribution in [1.82, 2.24) is 25.0 Å². The molecule has 130 valence electrons. The summed E-state index contributed by atoms with van der Waals surface area (Å²) < 4.78 is 1.85. The molecule has 1 aromatic heterocycles. The highest BCUT2D eigenvalue weighted by Crippen LogP contribution is 2.16. The zero-order chi connectivity index (χ0) is 17.6. The summed E-state index contributed by atoms with van der Waals surface area (Å²) in [6.45, 7) is 3.31. The number of benzene rings is 2. The van der Waals surface area contributed by atoms with Crippen LogP contribution in [-0.4, -0.2) is 45.3 Å². The monoisotopic (exact) mass is 337 g/mol. The summed E-state index contributed by atoms with van der Waals surface area (Å²) in [5, 5.41) is 13.0. The fraction of sp³-hybridized carbons (Fsp3) is 0.316. The average Bonchev–Trinajstić information content (AvgIpc) is 3.13. The van der Waals surface area contributed by atoms with E-state index < -0.39 is 0 Å². The van der Waals surface area contributed by atoms with E-state index in [1.807, 2.05) is 23.6 Å². The Morgan fingerprint density at radius 1 is 1.16 bits per heavy atom. The molecule has 6 nitrogen and oxygen atoms in total. The Hall–Kier alpha value is -2.89. The first-order valence-electron chi connectivity index (χ1n) is 8.43. The minimum Gasteiger partial charge on any atom is -0.335 e. The van der Waals surface area contributed by atoms with E-state index in [0.29, 0.717) is 13.1 Å². The van der Waals surface area contributed by atoms with Crippen molar-refractivity contribution >= 4 is 16.8 Å². The number of fused-ring (bicyclic) bond motifs is 1. The number of hydrogen-bond acceptors (Lipinski definition) is 3. The quantitative estimate of drug-likeness (QED) is 0.752. The van der Waals surface area contributed by atoms with Crippen LogP contribution in [0.5, 0.6) is 0 Å². The second-order valence-electron chi connectivity index (χ2n) is 6.36. The highest BCUT2D eigenvalue weighted by atomic mass is 16.2. The highest BCUT2D eigenvalue weighted by Gasteiger charge is 2.12. The van der Waals surface area contributed by atoms with Gasteiger partial charge in [-0.1, -0.05) is 42.5 Å². The van der Waals surface area contributed by atoms with Crippen LogP contribution in [0.15, 0.2) is 55.1 Å². The second-order valence-corrected chi connectivity index (χ2v) is 6.36. The molecule has 0 aliphatic carbocycles. The van der Waals surface area contributed by atoms with Crippen LogP contribution in [0.2, 0.25) is 0 Å². The maximum Gasteiger partial charge on any atom is 0.317 e. The van der Waals surface area contributed by atoms with E-state index in [-0.39, 0.29) is 12.1 Å². The van der Waals surface area contributed by atoms with E-state index in [1.165, 1.54) is 16.3 Å². The number of nitrogens with one attached hydrogen (secondary N) is 1. The second kappa shape index (κ2) is 7.79. The summed E-state index contributed by atoms with van der Waals surface area (Å²) in [7, 11) is 1.79. The molecule has 1 heterocycles. The first-order chi connectivity index (χ1) is 12.1. The summed E-state index contributed by atoms with van der Waals surface area (Å²) in [4.78, 5) is 14.0. The van der Waals surface area contributed by atoms with Gasteiger partial charge in [0.2, 0.25) is 0 Å². The molecule has 0 bridgehead atoms. The van der Waals surface area contributed by atoms with Gasteiger partial charge in [0.15, 0.2) is 0 Å². The van der Waals surface area contributed by atoms with Crippen molar-refractivity contribution in [2.45, 2.75) is 25.9 Å². The van der Waals surface area contributed by atoms with Crippen LogP contribution in [0, 0.1) is 0 Å². The number of carbonyl (C=O) groups is 1. The van der Waals surface area contributed by atoms with Gasteiger partial charge in [0.1, 0.15) is 12.7 Å². The minimum absolute atomic E-state index is 0.0611. The summed E-state index contributed by atoms with van der Waals surface area (Å²) >= 11 is 0. The topological polar surface area (TPSA) is 63.1 Å². The first kappa shape index (κ1) is 17.0. The van der Waals surface area contributed by atoms with Crippen LogP contribution in [0.25, 0.3) is 10.8 Å². The van der Waals surface area contributed by atoms with Gasteiger partial charge in [0, 0.05) is 26.2 Å². The molecule has 0 aliphatic heterocycles. The molecule has 3 rings (SSSR count). The molecule has 1 N–H and O–H groups in total. The Balaban J connectivity index is 1.51. The van der Waals surface area contributed by atoms with Crippen LogP contribution >= 0.6 is 0 Å². The minimum atomic E-state index is -0.0682. The normalized spacial score (nSPS) is 12.1. The molecule has 0 aliphatic rings. The average molecular weight is 337 g/mol. The standard InChI is InChI=1S/C19H23N5O/c1-15(11-16-7-8-17-5-3-4-6-18(17)12-16)22-19(25)23(2)9-10-24-13-20-21-14-24/h3-8,12-15H,9-11H2,1-2H3,(H,22,25)/t15-/m0/s1. The summed E-state index contributed by atoms with van der Waals surface area (Å²) in [5.41, 5.74) is 1.22. The number of amides is 2. The summed E-state index contributed by atoms with van der Waals surface area (Å²) in [6.07, 6.45) is 4.10. The molecule has 25 heavy (non-hydrogen) atoms. The van der Waals surface area contributed by atoms with Crippen molar-refractivity contribution in [3.8, 4) is 0 Å². The van der Waals surface area contributed by atoms with E-state index in [9.17, 15) is 4.79 Å². The Bertz CT molecular complexity index is 831. The Labute approximate surface area is 147 Å². The molecule has 0 spiro atoms. The summed E-state index contributed by atoms with van der Waals surface area (Å²) in [6, 6.07) is 14.7. The van der Waals surface area contributed by atoms with Crippen molar-refractivity contribution in [2.75, 3.05) is 13.6 Å². The lowest BCUT2D eigenvalue weighted by Crippen LogP contribution is -2.43. The van der Waals surface area contributed by atoms with Gasteiger partial charge in [-0.3, -0.25) is 0 Å².